The Kier molecular flexibility index (Phi) is 5.93. The Labute approximate surface area is 161 Å². The van der Waals surface area contributed by atoms with Crippen molar-refractivity contribution in [2.45, 2.75) is 20.0 Å². The third-order valence-corrected chi connectivity index (χ3v) is 4.68. The topological polar surface area (TPSA) is 69.6 Å². The first-order chi connectivity index (χ1) is 13.1. The number of hydrogen-bond donors (Lipinski definition) is 1. The van der Waals surface area contributed by atoms with E-state index in [2.05, 4.69) is 5.32 Å². The van der Waals surface area contributed by atoms with Gasteiger partial charge in [-0.3, -0.25) is 4.79 Å². The highest BCUT2D eigenvalue weighted by Crippen LogP contribution is 2.23. The highest BCUT2D eigenvalue weighted by Gasteiger charge is 2.22. The van der Waals surface area contributed by atoms with E-state index in [1.165, 1.54) is 11.3 Å². The smallest absolute Gasteiger partial charge is 0.351 e. The molecule has 27 heavy (non-hydrogen) atoms. The molecule has 1 atom stereocenters. The largest absolute Gasteiger partial charge is 0.494 e. The summed E-state index contributed by atoms with van der Waals surface area (Å²) in [5.41, 5.74) is 1.34. The number of nitrogens with one attached hydrogen (secondary N) is 1. The number of nitrogens with zero attached hydrogens (tertiary/aromatic N) is 1. The molecule has 0 fully saturated rings. The molecule has 140 valence electrons. The number of thiophene rings is 1. The second-order valence-electron chi connectivity index (χ2n) is 5.72. The van der Waals surface area contributed by atoms with Crippen LogP contribution in [0.1, 0.15) is 23.5 Å². The second-order valence-corrected chi connectivity index (χ2v) is 6.64. The Balaban J connectivity index is 1.61. The minimum Gasteiger partial charge on any atom is -0.494 e. The lowest BCUT2D eigenvalue weighted by Gasteiger charge is -2.14. The SMILES string of the molecule is CCOc1ccc(NC(=O)C(C)OC(=O)c2sccc2-n2cccc2)cc1. The number of amides is 1. The molecule has 0 aliphatic rings. The number of hydrogen-bond acceptors (Lipinski definition) is 5. The molecule has 1 aromatic carbocycles. The van der Waals surface area contributed by atoms with Crippen LogP contribution in [-0.4, -0.2) is 29.2 Å². The highest BCUT2D eigenvalue weighted by atomic mass is 32.1. The summed E-state index contributed by atoms with van der Waals surface area (Å²) >= 11 is 1.28. The zero-order valence-electron chi connectivity index (χ0n) is 15.0. The van der Waals surface area contributed by atoms with Crippen molar-refractivity contribution in [3.05, 3.63) is 65.1 Å². The van der Waals surface area contributed by atoms with E-state index >= 15 is 0 Å². The van der Waals surface area contributed by atoms with Gasteiger partial charge in [0.25, 0.3) is 5.91 Å². The monoisotopic (exact) mass is 384 g/mol. The van der Waals surface area contributed by atoms with Crippen molar-refractivity contribution >= 4 is 28.9 Å². The van der Waals surface area contributed by atoms with Crippen LogP contribution in [0.25, 0.3) is 5.69 Å². The van der Waals surface area contributed by atoms with Gasteiger partial charge in [0.15, 0.2) is 6.10 Å². The Hall–Kier alpha value is -3.06. The van der Waals surface area contributed by atoms with E-state index in [9.17, 15) is 9.59 Å². The van der Waals surface area contributed by atoms with Gasteiger partial charge >= 0.3 is 5.97 Å². The van der Waals surface area contributed by atoms with Crippen LogP contribution in [0.15, 0.2) is 60.2 Å². The summed E-state index contributed by atoms with van der Waals surface area (Å²) in [5.74, 6) is -0.195. The van der Waals surface area contributed by atoms with Crippen molar-refractivity contribution in [2.75, 3.05) is 11.9 Å². The molecule has 1 amide bonds. The van der Waals surface area contributed by atoms with Gasteiger partial charge in [-0.2, -0.15) is 0 Å². The summed E-state index contributed by atoms with van der Waals surface area (Å²) in [7, 11) is 0. The van der Waals surface area contributed by atoms with E-state index in [0.717, 1.165) is 11.4 Å². The van der Waals surface area contributed by atoms with Gasteiger partial charge in [0.05, 0.1) is 12.3 Å². The first-order valence-corrected chi connectivity index (χ1v) is 9.42. The Morgan fingerprint density at radius 3 is 2.52 bits per heavy atom. The van der Waals surface area contributed by atoms with Gasteiger partial charge in [0, 0.05) is 18.1 Å². The fraction of sp³-hybridized carbons (Fsp3) is 0.200. The van der Waals surface area contributed by atoms with E-state index in [4.69, 9.17) is 9.47 Å². The molecule has 0 saturated carbocycles. The zero-order chi connectivity index (χ0) is 19.2. The van der Waals surface area contributed by atoms with E-state index in [-0.39, 0.29) is 0 Å². The van der Waals surface area contributed by atoms with E-state index in [0.29, 0.717) is 17.2 Å². The molecule has 6 nitrogen and oxygen atoms in total. The summed E-state index contributed by atoms with van der Waals surface area (Å²) in [5, 5.41) is 4.55. The standard InChI is InChI=1S/C20H20N2O4S/c1-3-25-16-8-6-15(7-9-16)21-19(23)14(2)26-20(24)18-17(10-13-27-18)22-11-4-5-12-22/h4-14H,3H2,1-2H3,(H,21,23). The van der Waals surface area contributed by atoms with Crippen LogP contribution in [0.5, 0.6) is 5.75 Å². The summed E-state index contributed by atoms with van der Waals surface area (Å²) in [6, 6.07) is 12.6. The van der Waals surface area contributed by atoms with Crippen LogP contribution < -0.4 is 10.1 Å². The van der Waals surface area contributed by atoms with Gasteiger partial charge in [-0.05, 0) is 61.7 Å². The van der Waals surface area contributed by atoms with Crippen molar-refractivity contribution in [3.63, 3.8) is 0 Å². The second kappa shape index (κ2) is 8.55. The molecule has 3 rings (SSSR count). The van der Waals surface area contributed by atoms with Gasteiger partial charge < -0.3 is 19.4 Å². The molecule has 2 aromatic heterocycles. The Morgan fingerprint density at radius 1 is 1.15 bits per heavy atom. The fourth-order valence-electron chi connectivity index (χ4n) is 2.47. The van der Waals surface area contributed by atoms with Crippen molar-refractivity contribution < 1.29 is 19.1 Å². The number of rotatable bonds is 7. The van der Waals surface area contributed by atoms with Gasteiger partial charge in [0.1, 0.15) is 10.6 Å². The first-order valence-electron chi connectivity index (χ1n) is 8.54. The summed E-state index contributed by atoms with van der Waals surface area (Å²) in [4.78, 5) is 25.3. The molecule has 2 heterocycles. The van der Waals surface area contributed by atoms with E-state index in [1.54, 1.807) is 31.2 Å². The molecule has 0 saturated heterocycles. The van der Waals surface area contributed by atoms with Crippen molar-refractivity contribution in [2.24, 2.45) is 0 Å². The van der Waals surface area contributed by atoms with E-state index in [1.807, 2.05) is 47.5 Å². The quantitative estimate of drug-likeness (QED) is 0.622. The number of aromatic nitrogens is 1. The molecule has 0 radical (unpaired) electrons. The van der Waals surface area contributed by atoms with Crippen LogP contribution in [-0.2, 0) is 9.53 Å². The summed E-state index contributed by atoms with van der Waals surface area (Å²) in [6.45, 7) is 4.03. The number of carbonyl (C=O) groups excluding carboxylic acids is 2. The Bertz CT molecular complexity index is 900. The minimum absolute atomic E-state index is 0.397. The molecule has 0 bridgehead atoms. The molecule has 0 aliphatic carbocycles. The molecule has 0 aliphatic heterocycles. The number of esters is 1. The molecule has 7 heteroatoms. The third-order valence-electron chi connectivity index (χ3n) is 3.80. The first kappa shape index (κ1) is 18.7. The summed E-state index contributed by atoms with van der Waals surface area (Å²) < 4.78 is 12.5. The molecule has 1 unspecified atom stereocenters. The maximum atomic E-state index is 12.5. The predicted molar refractivity (Wildman–Crippen MR) is 105 cm³/mol. The lowest BCUT2D eigenvalue weighted by Crippen LogP contribution is -2.30. The molecular weight excluding hydrogens is 364 g/mol. The number of benzene rings is 1. The number of carbonyl (C=O) groups is 2. The van der Waals surface area contributed by atoms with Crippen LogP contribution in [0.4, 0.5) is 5.69 Å². The fourth-order valence-corrected chi connectivity index (χ4v) is 3.24. The normalized spacial score (nSPS) is 11.6. The Morgan fingerprint density at radius 2 is 1.85 bits per heavy atom. The average Bonchev–Trinajstić information content (AvgIpc) is 3.34. The number of ether oxygens (including phenoxy) is 2. The molecular formula is C20H20N2O4S. The van der Waals surface area contributed by atoms with Crippen LogP contribution >= 0.6 is 11.3 Å². The van der Waals surface area contributed by atoms with Gasteiger partial charge in [-0.25, -0.2) is 4.79 Å². The minimum atomic E-state index is -0.927. The van der Waals surface area contributed by atoms with Crippen LogP contribution in [0, 0.1) is 0 Å². The average molecular weight is 384 g/mol. The van der Waals surface area contributed by atoms with Gasteiger partial charge in [-0.15, -0.1) is 11.3 Å². The highest BCUT2D eigenvalue weighted by molar-refractivity contribution is 7.12. The molecule has 0 spiro atoms. The third kappa shape index (κ3) is 4.57. The van der Waals surface area contributed by atoms with E-state index < -0.39 is 18.0 Å². The molecule has 1 N–H and O–H groups in total. The van der Waals surface area contributed by atoms with Crippen LogP contribution in [0.2, 0.25) is 0 Å². The molecule has 3 aromatic rings. The van der Waals surface area contributed by atoms with Crippen molar-refractivity contribution in [1.29, 1.82) is 0 Å². The predicted octanol–water partition coefficient (Wildman–Crippen LogP) is 4.12. The lowest BCUT2D eigenvalue weighted by molar-refractivity contribution is -0.123. The zero-order valence-corrected chi connectivity index (χ0v) is 15.9. The van der Waals surface area contributed by atoms with Gasteiger partial charge in [0.2, 0.25) is 0 Å². The maximum absolute atomic E-state index is 12.5. The number of anilines is 1. The summed E-state index contributed by atoms with van der Waals surface area (Å²) in [6.07, 6.45) is 2.77. The lowest BCUT2D eigenvalue weighted by atomic mass is 10.3. The van der Waals surface area contributed by atoms with Crippen molar-refractivity contribution in [3.8, 4) is 11.4 Å². The maximum Gasteiger partial charge on any atom is 0.351 e. The van der Waals surface area contributed by atoms with Gasteiger partial charge in [-0.1, -0.05) is 0 Å². The van der Waals surface area contributed by atoms with Crippen molar-refractivity contribution in [1.82, 2.24) is 4.57 Å². The van der Waals surface area contributed by atoms with Crippen LogP contribution in [0.3, 0.4) is 0 Å².